The maximum absolute atomic E-state index is 12.4. The average molecular weight is 295 g/mol. The third-order valence-corrected chi connectivity index (χ3v) is 5.48. The number of carbonyl (C=O) groups is 2. The number of carboxylic acids is 1. The van der Waals surface area contributed by atoms with Crippen molar-refractivity contribution in [2.75, 3.05) is 0 Å². The van der Waals surface area contributed by atoms with Gasteiger partial charge in [0, 0.05) is 12.0 Å². The van der Waals surface area contributed by atoms with Gasteiger partial charge in [0.2, 0.25) is 5.91 Å². The molecule has 2 rings (SSSR count). The zero-order valence-electron chi connectivity index (χ0n) is 13.5. The van der Waals surface area contributed by atoms with E-state index in [1.807, 2.05) is 0 Å². The van der Waals surface area contributed by atoms with E-state index in [0.717, 1.165) is 38.5 Å². The highest BCUT2D eigenvalue weighted by atomic mass is 16.4. The second-order valence-corrected chi connectivity index (χ2v) is 7.91. The van der Waals surface area contributed by atoms with Crippen LogP contribution in [0.3, 0.4) is 0 Å². The summed E-state index contributed by atoms with van der Waals surface area (Å²) in [4.78, 5) is 23.5. The minimum Gasteiger partial charge on any atom is -0.481 e. The van der Waals surface area contributed by atoms with Crippen molar-refractivity contribution < 1.29 is 14.7 Å². The highest BCUT2D eigenvalue weighted by Gasteiger charge is 2.37. The van der Waals surface area contributed by atoms with Crippen LogP contribution in [0, 0.1) is 23.2 Å². The summed E-state index contributed by atoms with van der Waals surface area (Å²) in [5.74, 6) is -0.298. The van der Waals surface area contributed by atoms with Crippen molar-refractivity contribution in [2.45, 2.75) is 71.8 Å². The molecule has 0 aromatic rings. The van der Waals surface area contributed by atoms with Gasteiger partial charge in [0.15, 0.2) is 0 Å². The fourth-order valence-electron chi connectivity index (χ4n) is 3.95. The lowest BCUT2D eigenvalue weighted by Crippen LogP contribution is -2.44. The van der Waals surface area contributed by atoms with Gasteiger partial charge in [0.25, 0.3) is 0 Å². The molecular weight excluding hydrogens is 266 g/mol. The highest BCUT2D eigenvalue weighted by Crippen LogP contribution is 2.40. The Morgan fingerprint density at radius 3 is 2.14 bits per heavy atom. The molecule has 2 aliphatic carbocycles. The molecule has 0 bridgehead atoms. The number of aliphatic carboxylic acids is 1. The molecule has 0 aromatic carbocycles. The molecule has 0 aromatic heterocycles. The average Bonchev–Trinajstić information content (AvgIpc) is 2.86. The number of hydrogen-bond donors (Lipinski definition) is 2. The normalized spacial score (nSPS) is 33.7. The van der Waals surface area contributed by atoms with Crippen LogP contribution in [0.1, 0.15) is 65.7 Å². The molecule has 21 heavy (non-hydrogen) atoms. The van der Waals surface area contributed by atoms with Crippen LogP contribution in [-0.2, 0) is 9.59 Å². The smallest absolute Gasteiger partial charge is 0.308 e. The van der Waals surface area contributed by atoms with E-state index in [0.29, 0.717) is 17.8 Å². The molecule has 2 unspecified atom stereocenters. The Morgan fingerprint density at radius 2 is 1.62 bits per heavy atom. The molecule has 2 atom stereocenters. The first-order valence-electron chi connectivity index (χ1n) is 8.32. The Labute approximate surface area is 127 Å². The molecule has 0 heterocycles. The summed E-state index contributed by atoms with van der Waals surface area (Å²) in [6.07, 6.45) is 6.50. The second kappa shape index (κ2) is 6.37. The monoisotopic (exact) mass is 295 g/mol. The lowest BCUT2D eigenvalue weighted by Gasteiger charge is -2.36. The summed E-state index contributed by atoms with van der Waals surface area (Å²) in [7, 11) is 0. The van der Waals surface area contributed by atoms with Crippen LogP contribution in [-0.4, -0.2) is 23.0 Å². The third kappa shape index (κ3) is 3.98. The Morgan fingerprint density at radius 1 is 1.00 bits per heavy atom. The van der Waals surface area contributed by atoms with Crippen molar-refractivity contribution in [3.8, 4) is 0 Å². The predicted molar refractivity (Wildman–Crippen MR) is 81.8 cm³/mol. The first-order chi connectivity index (χ1) is 9.79. The van der Waals surface area contributed by atoms with Crippen LogP contribution in [0.25, 0.3) is 0 Å². The second-order valence-electron chi connectivity index (χ2n) is 7.91. The van der Waals surface area contributed by atoms with E-state index < -0.39 is 5.97 Å². The lowest BCUT2D eigenvalue weighted by atomic mass is 9.69. The molecule has 0 spiro atoms. The van der Waals surface area contributed by atoms with Gasteiger partial charge in [0.05, 0.1) is 5.92 Å². The van der Waals surface area contributed by atoms with Crippen LogP contribution >= 0.6 is 0 Å². The number of carboxylic acid groups (broad SMARTS) is 1. The number of hydrogen-bond acceptors (Lipinski definition) is 2. The summed E-state index contributed by atoms with van der Waals surface area (Å²) in [5.41, 5.74) is 0.321. The zero-order chi connectivity index (χ0) is 15.6. The SMILES string of the molecule is CC(C)(C)C1CCC(C(=O)NC2CCCC2C(=O)O)CC1. The van der Waals surface area contributed by atoms with Gasteiger partial charge in [-0.2, -0.15) is 0 Å². The van der Waals surface area contributed by atoms with Crippen LogP contribution in [0.15, 0.2) is 0 Å². The Balaban J connectivity index is 1.84. The molecule has 2 fully saturated rings. The summed E-state index contributed by atoms with van der Waals surface area (Å²) in [5, 5.41) is 12.2. The molecule has 0 saturated heterocycles. The van der Waals surface area contributed by atoms with Crippen molar-refractivity contribution in [3.63, 3.8) is 0 Å². The van der Waals surface area contributed by atoms with Crippen molar-refractivity contribution in [3.05, 3.63) is 0 Å². The largest absolute Gasteiger partial charge is 0.481 e. The number of amides is 1. The molecule has 0 radical (unpaired) electrons. The summed E-state index contributed by atoms with van der Waals surface area (Å²) >= 11 is 0. The van der Waals surface area contributed by atoms with Crippen LogP contribution in [0.5, 0.6) is 0 Å². The number of nitrogens with one attached hydrogen (secondary N) is 1. The fraction of sp³-hybridized carbons (Fsp3) is 0.882. The van der Waals surface area contributed by atoms with E-state index in [2.05, 4.69) is 26.1 Å². The van der Waals surface area contributed by atoms with Gasteiger partial charge in [-0.1, -0.05) is 27.2 Å². The van der Waals surface area contributed by atoms with Gasteiger partial charge >= 0.3 is 5.97 Å². The first-order valence-corrected chi connectivity index (χ1v) is 8.32. The van der Waals surface area contributed by atoms with Crippen LogP contribution in [0.4, 0.5) is 0 Å². The molecule has 4 heteroatoms. The summed E-state index contributed by atoms with van der Waals surface area (Å²) in [6.45, 7) is 6.82. The molecule has 4 nitrogen and oxygen atoms in total. The number of rotatable bonds is 3. The van der Waals surface area contributed by atoms with Crippen LogP contribution < -0.4 is 5.32 Å². The van der Waals surface area contributed by atoms with E-state index in [-0.39, 0.29) is 23.8 Å². The molecule has 0 aliphatic heterocycles. The minimum atomic E-state index is -0.769. The Kier molecular flexibility index (Phi) is 4.95. The summed E-state index contributed by atoms with van der Waals surface area (Å²) < 4.78 is 0. The van der Waals surface area contributed by atoms with Gasteiger partial charge < -0.3 is 10.4 Å². The van der Waals surface area contributed by atoms with Gasteiger partial charge in [-0.25, -0.2) is 0 Å². The minimum absolute atomic E-state index is 0.0821. The van der Waals surface area contributed by atoms with Crippen LogP contribution in [0.2, 0.25) is 0 Å². The zero-order valence-corrected chi connectivity index (χ0v) is 13.5. The summed E-state index contributed by atoms with van der Waals surface area (Å²) in [6, 6.07) is -0.157. The highest BCUT2D eigenvalue weighted by molar-refractivity contribution is 5.80. The van der Waals surface area contributed by atoms with Gasteiger partial charge in [-0.3, -0.25) is 9.59 Å². The first kappa shape index (κ1) is 16.3. The maximum atomic E-state index is 12.4. The topological polar surface area (TPSA) is 66.4 Å². The maximum Gasteiger partial charge on any atom is 0.308 e. The fourth-order valence-corrected chi connectivity index (χ4v) is 3.95. The standard InChI is InChI=1S/C17H29NO3/c1-17(2,3)12-9-7-11(8-10-12)15(19)18-14-6-4-5-13(14)16(20)21/h11-14H,4-10H2,1-3H3,(H,18,19)(H,20,21). The molecule has 1 amide bonds. The molecular formula is C17H29NO3. The Bertz CT molecular complexity index is 391. The van der Waals surface area contributed by atoms with Crippen molar-refractivity contribution in [1.82, 2.24) is 5.32 Å². The van der Waals surface area contributed by atoms with Crippen molar-refractivity contribution in [2.24, 2.45) is 23.2 Å². The molecule has 120 valence electrons. The molecule has 2 N–H and O–H groups in total. The number of carbonyl (C=O) groups excluding carboxylic acids is 1. The van der Waals surface area contributed by atoms with Gasteiger partial charge in [-0.15, -0.1) is 0 Å². The molecule has 2 saturated carbocycles. The van der Waals surface area contributed by atoms with E-state index in [9.17, 15) is 14.7 Å². The quantitative estimate of drug-likeness (QED) is 0.840. The third-order valence-electron chi connectivity index (χ3n) is 5.48. The van der Waals surface area contributed by atoms with E-state index in [4.69, 9.17) is 0 Å². The predicted octanol–water partition coefficient (Wildman–Crippen LogP) is 3.21. The molecule has 2 aliphatic rings. The van der Waals surface area contributed by atoms with Gasteiger partial charge in [-0.05, 0) is 49.9 Å². The van der Waals surface area contributed by atoms with E-state index in [1.54, 1.807) is 0 Å². The van der Waals surface area contributed by atoms with Gasteiger partial charge in [0.1, 0.15) is 0 Å². The Hall–Kier alpha value is -1.06. The van der Waals surface area contributed by atoms with Crippen molar-refractivity contribution >= 4 is 11.9 Å². The van der Waals surface area contributed by atoms with E-state index >= 15 is 0 Å². The van der Waals surface area contributed by atoms with Crippen molar-refractivity contribution in [1.29, 1.82) is 0 Å². The van der Waals surface area contributed by atoms with E-state index in [1.165, 1.54) is 0 Å². The lowest BCUT2D eigenvalue weighted by molar-refractivity contribution is -0.142.